The topological polar surface area (TPSA) is 64.4 Å². The predicted molar refractivity (Wildman–Crippen MR) is 63.5 cm³/mol. The van der Waals surface area contributed by atoms with Gasteiger partial charge in [-0.2, -0.15) is 0 Å². The molecule has 0 radical (unpaired) electrons. The van der Waals surface area contributed by atoms with Crippen LogP contribution in [0.3, 0.4) is 0 Å². The largest absolute Gasteiger partial charge is 0.380 e. The van der Waals surface area contributed by atoms with Crippen LogP contribution in [0.4, 0.5) is 0 Å². The fourth-order valence-electron chi connectivity index (χ4n) is 1.75. The first kappa shape index (κ1) is 11.6. The molecule has 1 aromatic heterocycles. The van der Waals surface area contributed by atoms with Crippen LogP contribution >= 0.6 is 11.3 Å². The molecule has 2 heterocycles. The molecule has 1 unspecified atom stereocenters. The van der Waals surface area contributed by atoms with Crippen molar-refractivity contribution in [1.29, 1.82) is 0 Å². The summed E-state index contributed by atoms with van der Waals surface area (Å²) in [5.74, 6) is -0.358. The number of carbonyl (C=O) groups excluding carboxylic acids is 1. The van der Waals surface area contributed by atoms with Gasteiger partial charge in [0.05, 0.1) is 12.2 Å². The van der Waals surface area contributed by atoms with Crippen molar-refractivity contribution in [2.24, 2.45) is 5.73 Å². The highest BCUT2D eigenvalue weighted by Crippen LogP contribution is 2.15. The molecule has 0 bridgehead atoms. The number of nitrogens with two attached hydrogens (primary N) is 1. The Bertz CT molecular complexity index is 359. The summed E-state index contributed by atoms with van der Waals surface area (Å²) in [5.41, 5.74) is 5.79. The Morgan fingerprint density at radius 2 is 2.56 bits per heavy atom. The highest BCUT2D eigenvalue weighted by Gasteiger charge is 2.13. The molecule has 1 aliphatic heterocycles. The Hall–Kier alpha value is -0.910. The molecule has 16 heavy (non-hydrogen) atoms. The number of hydrogen-bond acceptors (Lipinski definition) is 4. The number of nitrogens with one attached hydrogen (secondary N) is 1. The summed E-state index contributed by atoms with van der Waals surface area (Å²) in [7, 11) is 0. The van der Waals surface area contributed by atoms with E-state index in [0.29, 0.717) is 11.6 Å². The van der Waals surface area contributed by atoms with Gasteiger partial charge in [0, 0.05) is 29.5 Å². The Morgan fingerprint density at radius 1 is 1.69 bits per heavy atom. The third kappa shape index (κ3) is 3.04. The van der Waals surface area contributed by atoms with Gasteiger partial charge in [-0.05, 0) is 18.9 Å². The van der Waals surface area contributed by atoms with Crippen molar-refractivity contribution in [3.05, 3.63) is 21.9 Å². The first-order chi connectivity index (χ1) is 7.75. The maximum atomic E-state index is 10.9. The first-order valence-corrected chi connectivity index (χ1v) is 6.32. The monoisotopic (exact) mass is 240 g/mol. The molecule has 0 spiro atoms. The van der Waals surface area contributed by atoms with Gasteiger partial charge in [-0.25, -0.2) is 0 Å². The summed E-state index contributed by atoms with van der Waals surface area (Å²) < 4.78 is 5.38. The number of primary amides is 1. The standard InChI is InChI=1S/C11H16N2O2S/c12-11(14)8-4-10(16-7-8)5-13-9-2-1-3-15-6-9/h4,7,9,13H,1-3,5-6H2,(H2,12,14). The molecule has 4 nitrogen and oxygen atoms in total. The van der Waals surface area contributed by atoms with Gasteiger partial charge in [-0.3, -0.25) is 4.79 Å². The molecule has 0 aromatic carbocycles. The molecule has 1 atom stereocenters. The predicted octanol–water partition coefficient (Wildman–Crippen LogP) is 1.12. The van der Waals surface area contributed by atoms with E-state index in [9.17, 15) is 4.79 Å². The number of amides is 1. The fourth-order valence-corrected chi connectivity index (χ4v) is 2.57. The van der Waals surface area contributed by atoms with Crippen LogP contribution in [0.1, 0.15) is 28.1 Å². The summed E-state index contributed by atoms with van der Waals surface area (Å²) in [4.78, 5) is 12.0. The average molecular weight is 240 g/mol. The van der Waals surface area contributed by atoms with Gasteiger partial charge >= 0.3 is 0 Å². The van der Waals surface area contributed by atoms with E-state index in [1.54, 1.807) is 16.7 Å². The molecule has 3 N–H and O–H groups in total. The zero-order chi connectivity index (χ0) is 11.4. The number of ether oxygens (including phenoxy) is 1. The maximum absolute atomic E-state index is 10.9. The molecule has 0 saturated carbocycles. The van der Waals surface area contributed by atoms with Crippen molar-refractivity contribution in [3.8, 4) is 0 Å². The minimum Gasteiger partial charge on any atom is -0.380 e. The van der Waals surface area contributed by atoms with Crippen LogP contribution in [0.2, 0.25) is 0 Å². The molecule has 88 valence electrons. The molecule has 0 aliphatic carbocycles. The lowest BCUT2D eigenvalue weighted by atomic mass is 10.1. The average Bonchev–Trinajstić information content (AvgIpc) is 2.76. The van der Waals surface area contributed by atoms with Crippen LogP contribution < -0.4 is 11.1 Å². The lowest BCUT2D eigenvalue weighted by molar-refractivity contribution is 0.0700. The minimum atomic E-state index is -0.358. The van der Waals surface area contributed by atoms with E-state index in [1.807, 2.05) is 6.07 Å². The Balaban J connectivity index is 1.81. The number of rotatable bonds is 4. The minimum absolute atomic E-state index is 0.358. The molecule has 1 aliphatic rings. The van der Waals surface area contributed by atoms with Gasteiger partial charge < -0.3 is 15.8 Å². The van der Waals surface area contributed by atoms with Gasteiger partial charge in [-0.1, -0.05) is 0 Å². The smallest absolute Gasteiger partial charge is 0.249 e. The summed E-state index contributed by atoms with van der Waals surface area (Å²) >= 11 is 1.56. The Kier molecular flexibility index (Phi) is 3.93. The highest BCUT2D eigenvalue weighted by molar-refractivity contribution is 7.10. The summed E-state index contributed by atoms with van der Waals surface area (Å²) in [6.45, 7) is 2.45. The van der Waals surface area contributed by atoms with E-state index in [0.717, 1.165) is 37.5 Å². The number of carbonyl (C=O) groups is 1. The Morgan fingerprint density at radius 3 is 3.19 bits per heavy atom. The second-order valence-corrected chi connectivity index (χ2v) is 4.96. The first-order valence-electron chi connectivity index (χ1n) is 5.44. The van der Waals surface area contributed by atoms with Crippen molar-refractivity contribution in [2.45, 2.75) is 25.4 Å². The maximum Gasteiger partial charge on any atom is 0.249 e. The second-order valence-electron chi connectivity index (χ2n) is 3.96. The van der Waals surface area contributed by atoms with E-state index in [2.05, 4.69) is 5.32 Å². The van der Waals surface area contributed by atoms with Crippen molar-refractivity contribution < 1.29 is 9.53 Å². The molecule has 5 heteroatoms. The van der Waals surface area contributed by atoms with Gasteiger partial charge in [0.1, 0.15) is 0 Å². The van der Waals surface area contributed by atoms with Crippen LogP contribution in [0, 0.1) is 0 Å². The zero-order valence-corrected chi connectivity index (χ0v) is 9.89. The van der Waals surface area contributed by atoms with Crippen LogP contribution in [-0.4, -0.2) is 25.2 Å². The second kappa shape index (κ2) is 5.43. The third-order valence-electron chi connectivity index (χ3n) is 2.66. The third-order valence-corrected chi connectivity index (χ3v) is 3.60. The molecule has 1 aromatic rings. The van der Waals surface area contributed by atoms with Crippen LogP contribution in [0.15, 0.2) is 11.4 Å². The Labute approximate surface area is 98.8 Å². The fraction of sp³-hybridized carbons (Fsp3) is 0.545. The molecule has 1 amide bonds. The van der Waals surface area contributed by atoms with E-state index in [1.165, 1.54) is 0 Å². The van der Waals surface area contributed by atoms with Crippen LogP contribution in [0.25, 0.3) is 0 Å². The molecule has 2 rings (SSSR count). The lowest BCUT2D eigenvalue weighted by Crippen LogP contribution is -2.36. The van der Waals surface area contributed by atoms with Crippen molar-refractivity contribution in [1.82, 2.24) is 5.32 Å². The normalized spacial score (nSPS) is 20.9. The summed E-state index contributed by atoms with van der Waals surface area (Å²) in [6, 6.07) is 2.29. The van der Waals surface area contributed by atoms with E-state index in [-0.39, 0.29) is 5.91 Å². The van der Waals surface area contributed by atoms with E-state index < -0.39 is 0 Å². The number of thiophene rings is 1. The zero-order valence-electron chi connectivity index (χ0n) is 9.07. The van der Waals surface area contributed by atoms with E-state index in [4.69, 9.17) is 10.5 Å². The lowest BCUT2D eigenvalue weighted by Gasteiger charge is -2.22. The quantitative estimate of drug-likeness (QED) is 0.828. The highest BCUT2D eigenvalue weighted by atomic mass is 32.1. The number of hydrogen-bond donors (Lipinski definition) is 2. The van der Waals surface area contributed by atoms with Gasteiger partial charge in [0.25, 0.3) is 0 Å². The SMILES string of the molecule is NC(=O)c1csc(CNC2CCCOC2)c1. The molecule has 1 saturated heterocycles. The van der Waals surface area contributed by atoms with Crippen molar-refractivity contribution in [3.63, 3.8) is 0 Å². The van der Waals surface area contributed by atoms with Gasteiger partial charge in [0.15, 0.2) is 0 Å². The van der Waals surface area contributed by atoms with E-state index >= 15 is 0 Å². The molecular formula is C11H16N2O2S. The van der Waals surface area contributed by atoms with Crippen LogP contribution in [0.5, 0.6) is 0 Å². The van der Waals surface area contributed by atoms with Gasteiger partial charge in [0.2, 0.25) is 5.91 Å². The van der Waals surface area contributed by atoms with Crippen molar-refractivity contribution in [2.75, 3.05) is 13.2 Å². The molecule has 1 fully saturated rings. The summed E-state index contributed by atoms with van der Waals surface area (Å²) in [5, 5.41) is 5.23. The van der Waals surface area contributed by atoms with Crippen molar-refractivity contribution >= 4 is 17.2 Å². The van der Waals surface area contributed by atoms with Crippen LogP contribution in [-0.2, 0) is 11.3 Å². The van der Waals surface area contributed by atoms with Gasteiger partial charge in [-0.15, -0.1) is 11.3 Å². The summed E-state index contributed by atoms with van der Waals surface area (Å²) in [6.07, 6.45) is 2.28. The molecular weight excluding hydrogens is 224 g/mol.